The number of sulfone groups is 1. The number of rotatable bonds is 4. The van der Waals surface area contributed by atoms with Crippen LogP contribution in [0.1, 0.15) is 12.8 Å². The van der Waals surface area contributed by atoms with E-state index >= 15 is 0 Å². The van der Waals surface area contributed by atoms with Crippen molar-refractivity contribution in [1.82, 2.24) is 9.97 Å². The van der Waals surface area contributed by atoms with Crippen molar-refractivity contribution in [3.05, 3.63) is 6.07 Å². The average molecular weight is 302 g/mol. The van der Waals surface area contributed by atoms with Crippen LogP contribution in [0.5, 0.6) is 0 Å². The molecular formula is C11H18N4O2S2. The molecule has 8 heteroatoms. The Bertz CT molecular complexity index is 511. The molecule has 2 heterocycles. The number of aromatic nitrogens is 2. The van der Waals surface area contributed by atoms with E-state index in [4.69, 9.17) is 0 Å². The molecule has 0 saturated carbocycles. The SMILES string of the molecule is CNc1cc(NC2CCS(=O)(=O)CC2)nc(SC)n1. The van der Waals surface area contributed by atoms with Gasteiger partial charge in [0.05, 0.1) is 11.5 Å². The van der Waals surface area contributed by atoms with Crippen molar-refractivity contribution in [3.63, 3.8) is 0 Å². The van der Waals surface area contributed by atoms with Gasteiger partial charge in [0, 0.05) is 19.2 Å². The van der Waals surface area contributed by atoms with Gasteiger partial charge in [-0.1, -0.05) is 11.8 Å². The molecule has 0 unspecified atom stereocenters. The summed E-state index contributed by atoms with van der Waals surface area (Å²) in [7, 11) is -1.01. The lowest BCUT2D eigenvalue weighted by atomic mass is 10.1. The lowest BCUT2D eigenvalue weighted by Gasteiger charge is -2.23. The molecule has 0 aliphatic carbocycles. The van der Waals surface area contributed by atoms with Crippen molar-refractivity contribution in [2.45, 2.75) is 24.0 Å². The molecule has 0 atom stereocenters. The van der Waals surface area contributed by atoms with Crippen LogP contribution in [0.2, 0.25) is 0 Å². The van der Waals surface area contributed by atoms with E-state index in [1.807, 2.05) is 19.4 Å². The predicted octanol–water partition coefficient (Wildman–Crippen LogP) is 1.23. The van der Waals surface area contributed by atoms with Gasteiger partial charge < -0.3 is 10.6 Å². The Kier molecular flexibility index (Phi) is 4.51. The quantitative estimate of drug-likeness (QED) is 0.639. The van der Waals surface area contributed by atoms with Gasteiger partial charge in [0.15, 0.2) is 5.16 Å². The Morgan fingerprint density at radius 3 is 2.47 bits per heavy atom. The smallest absolute Gasteiger partial charge is 0.191 e. The second-order valence-corrected chi connectivity index (χ2v) is 7.52. The summed E-state index contributed by atoms with van der Waals surface area (Å²) in [6.45, 7) is 0. The van der Waals surface area contributed by atoms with Gasteiger partial charge in [0.1, 0.15) is 21.5 Å². The Labute approximate surface area is 117 Å². The molecule has 1 aliphatic heterocycles. The standard InChI is InChI=1S/C11H18N4O2S2/c1-12-9-7-10(15-11(14-9)18-2)13-8-3-5-19(16,17)6-4-8/h7-8H,3-6H2,1-2H3,(H2,12,13,14,15). The Morgan fingerprint density at radius 2 is 1.89 bits per heavy atom. The third kappa shape index (κ3) is 3.97. The highest BCUT2D eigenvalue weighted by Gasteiger charge is 2.23. The Balaban J connectivity index is 2.07. The minimum atomic E-state index is -2.82. The van der Waals surface area contributed by atoms with Crippen LogP contribution in [0.25, 0.3) is 0 Å². The van der Waals surface area contributed by atoms with Gasteiger partial charge in [-0.25, -0.2) is 18.4 Å². The number of hydrogen-bond donors (Lipinski definition) is 2. The van der Waals surface area contributed by atoms with Crippen molar-refractivity contribution < 1.29 is 8.42 Å². The molecule has 19 heavy (non-hydrogen) atoms. The molecule has 0 radical (unpaired) electrons. The van der Waals surface area contributed by atoms with Crippen LogP contribution in [-0.4, -0.2) is 49.2 Å². The number of anilines is 2. The zero-order valence-corrected chi connectivity index (χ0v) is 12.6. The monoisotopic (exact) mass is 302 g/mol. The van der Waals surface area contributed by atoms with Crippen LogP contribution in [0.15, 0.2) is 11.2 Å². The molecule has 1 fully saturated rings. The van der Waals surface area contributed by atoms with E-state index in [1.165, 1.54) is 11.8 Å². The molecule has 1 aliphatic rings. The third-order valence-electron chi connectivity index (χ3n) is 3.05. The molecule has 0 spiro atoms. The number of thioether (sulfide) groups is 1. The zero-order valence-electron chi connectivity index (χ0n) is 11.0. The summed E-state index contributed by atoms with van der Waals surface area (Å²) < 4.78 is 22.8. The predicted molar refractivity (Wildman–Crippen MR) is 78.7 cm³/mol. The Hall–Kier alpha value is -1.02. The van der Waals surface area contributed by atoms with Crippen molar-refractivity contribution in [1.29, 1.82) is 0 Å². The van der Waals surface area contributed by atoms with Crippen LogP contribution >= 0.6 is 11.8 Å². The summed E-state index contributed by atoms with van der Waals surface area (Å²) in [6, 6.07) is 2.00. The van der Waals surface area contributed by atoms with Crippen LogP contribution in [0.4, 0.5) is 11.6 Å². The molecule has 2 rings (SSSR count). The highest BCUT2D eigenvalue weighted by molar-refractivity contribution is 7.98. The van der Waals surface area contributed by atoms with Gasteiger partial charge in [-0.15, -0.1) is 0 Å². The molecule has 1 saturated heterocycles. The molecule has 0 aromatic carbocycles. The van der Waals surface area contributed by atoms with E-state index in [2.05, 4.69) is 20.6 Å². The lowest BCUT2D eigenvalue weighted by Crippen LogP contribution is -2.32. The van der Waals surface area contributed by atoms with E-state index < -0.39 is 9.84 Å². The second kappa shape index (κ2) is 5.96. The van der Waals surface area contributed by atoms with E-state index in [0.29, 0.717) is 18.0 Å². The first-order chi connectivity index (χ1) is 9.02. The first-order valence-corrected chi connectivity index (χ1v) is 9.15. The second-order valence-electron chi connectivity index (χ2n) is 4.45. The van der Waals surface area contributed by atoms with Crippen molar-refractivity contribution in [2.24, 2.45) is 0 Å². The minimum absolute atomic E-state index is 0.165. The first-order valence-electron chi connectivity index (χ1n) is 6.10. The molecule has 1 aromatic rings. The van der Waals surface area contributed by atoms with Crippen molar-refractivity contribution >= 4 is 33.2 Å². The van der Waals surface area contributed by atoms with Gasteiger partial charge in [-0.2, -0.15) is 0 Å². The van der Waals surface area contributed by atoms with E-state index in [0.717, 1.165) is 11.6 Å². The molecule has 6 nitrogen and oxygen atoms in total. The first kappa shape index (κ1) is 14.4. The molecule has 0 amide bonds. The van der Waals surface area contributed by atoms with Gasteiger partial charge in [0.25, 0.3) is 0 Å². The van der Waals surface area contributed by atoms with E-state index in [9.17, 15) is 8.42 Å². The van der Waals surface area contributed by atoms with Gasteiger partial charge >= 0.3 is 0 Å². The van der Waals surface area contributed by atoms with Crippen LogP contribution in [-0.2, 0) is 9.84 Å². The highest BCUT2D eigenvalue weighted by atomic mass is 32.2. The van der Waals surface area contributed by atoms with Gasteiger partial charge in [-0.05, 0) is 19.1 Å². The maximum absolute atomic E-state index is 11.4. The summed E-state index contributed by atoms with van der Waals surface area (Å²) in [5.41, 5.74) is 0. The maximum atomic E-state index is 11.4. The summed E-state index contributed by atoms with van der Waals surface area (Å²) in [5.74, 6) is 2.01. The summed E-state index contributed by atoms with van der Waals surface area (Å²) in [6.07, 6.45) is 3.19. The average Bonchev–Trinajstić information content (AvgIpc) is 2.40. The van der Waals surface area contributed by atoms with Crippen LogP contribution < -0.4 is 10.6 Å². The molecule has 1 aromatic heterocycles. The third-order valence-corrected chi connectivity index (χ3v) is 5.31. The van der Waals surface area contributed by atoms with Crippen molar-refractivity contribution in [2.75, 3.05) is 35.4 Å². The maximum Gasteiger partial charge on any atom is 0.191 e. The highest BCUT2D eigenvalue weighted by Crippen LogP contribution is 2.20. The molecule has 2 N–H and O–H groups in total. The van der Waals surface area contributed by atoms with E-state index in [1.54, 1.807) is 0 Å². The molecule has 106 valence electrons. The summed E-state index contributed by atoms with van der Waals surface area (Å²) in [4.78, 5) is 8.67. The van der Waals surface area contributed by atoms with Crippen molar-refractivity contribution in [3.8, 4) is 0 Å². The fraction of sp³-hybridized carbons (Fsp3) is 0.636. The van der Waals surface area contributed by atoms with Gasteiger partial charge in [-0.3, -0.25) is 0 Å². The fourth-order valence-corrected chi connectivity index (χ4v) is 3.83. The number of nitrogens with one attached hydrogen (secondary N) is 2. The minimum Gasteiger partial charge on any atom is -0.373 e. The van der Waals surface area contributed by atoms with Gasteiger partial charge in [0.2, 0.25) is 0 Å². The largest absolute Gasteiger partial charge is 0.373 e. The number of nitrogens with zero attached hydrogens (tertiary/aromatic N) is 2. The van der Waals surface area contributed by atoms with Crippen LogP contribution in [0.3, 0.4) is 0 Å². The number of hydrogen-bond acceptors (Lipinski definition) is 7. The summed E-state index contributed by atoms with van der Waals surface area (Å²) >= 11 is 1.48. The normalized spacial score (nSPS) is 19.1. The Morgan fingerprint density at radius 1 is 1.26 bits per heavy atom. The fourth-order valence-electron chi connectivity index (χ4n) is 1.96. The molecule has 0 bridgehead atoms. The zero-order chi connectivity index (χ0) is 13.9. The molecular weight excluding hydrogens is 284 g/mol. The van der Waals surface area contributed by atoms with Crippen LogP contribution in [0, 0.1) is 0 Å². The summed E-state index contributed by atoms with van der Waals surface area (Å²) in [5, 5.41) is 6.98. The van der Waals surface area contributed by atoms with E-state index in [-0.39, 0.29) is 17.5 Å². The topological polar surface area (TPSA) is 84.0 Å². The lowest BCUT2D eigenvalue weighted by molar-refractivity contribution is 0.558.